The van der Waals surface area contributed by atoms with E-state index in [1.165, 1.54) is 22.9 Å². The van der Waals surface area contributed by atoms with Gasteiger partial charge in [0.05, 0.1) is 36.6 Å². The highest BCUT2D eigenvalue weighted by Gasteiger charge is 2.36. The molecule has 1 aliphatic heterocycles. The minimum absolute atomic E-state index is 0.0584. The van der Waals surface area contributed by atoms with Gasteiger partial charge in [-0.25, -0.2) is 8.42 Å². The number of rotatable bonds is 5. The van der Waals surface area contributed by atoms with Crippen molar-refractivity contribution in [3.05, 3.63) is 29.8 Å². The van der Waals surface area contributed by atoms with Crippen LogP contribution >= 0.6 is 0 Å². The Kier molecular flexibility index (Phi) is 6.93. The smallest absolute Gasteiger partial charge is 0.278 e. The molecule has 0 spiro atoms. The van der Waals surface area contributed by atoms with Gasteiger partial charge < -0.3 is 10.2 Å². The van der Waals surface area contributed by atoms with Gasteiger partial charge in [-0.1, -0.05) is 31.9 Å². The summed E-state index contributed by atoms with van der Waals surface area (Å²) >= 11 is 0. The monoisotopic (exact) mass is 419 g/mol. The Morgan fingerprint density at radius 1 is 1.24 bits per heavy atom. The van der Waals surface area contributed by atoms with E-state index < -0.39 is 10.0 Å². The van der Waals surface area contributed by atoms with Crippen molar-refractivity contribution in [2.24, 2.45) is 5.92 Å². The summed E-state index contributed by atoms with van der Waals surface area (Å²) in [4.78, 5) is 13.9. The van der Waals surface area contributed by atoms with Gasteiger partial charge in [-0.05, 0) is 37.8 Å². The topological polar surface area (TPSA) is 94.7 Å². The normalized spacial score (nSPS) is 25.1. The maximum absolute atomic E-state index is 13.0. The number of nitrogens with zero attached hydrogens (tertiary/aromatic N) is 2. The highest BCUT2D eigenvalue weighted by atomic mass is 32.2. The average Bonchev–Trinajstić information content (AvgIpc) is 2.74. The molecular formula is C21H31N4O3S+. The maximum atomic E-state index is 13.0. The quantitative estimate of drug-likeness (QED) is 0.728. The van der Waals surface area contributed by atoms with E-state index in [0.29, 0.717) is 32.1 Å². The van der Waals surface area contributed by atoms with Crippen molar-refractivity contribution in [2.75, 3.05) is 26.2 Å². The molecule has 0 bridgehead atoms. The van der Waals surface area contributed by atoms with Crippen LogP contribution < -0.4 is 10.2 Å². The van der Waals surface area contributed by atoms with E-state index in [4.69, 9.17) is 0 Å². The minimum atomic E-state index is -3.71. The molecule has 3 atom stereocenters. The number of benzene rings is 1. The lowest BCUT2D eigenvalue weighted by Gasteiger charge is -2.36. The molecule has 1 saturated carbocycles. The number of carbonyl (C=O) groups excluding carboxylic acids is 1. The Balaban J connectivity index is 1.59. The van der Waals surface area contributed by atoms with Crippen molar-refractivity contribution in [1.29, 1.82) is 5.26 Å². The van der Waals surface area contributed by atoms with E-state index in [1.807, 2.05) is 13.0 Å². The highest BCUT2D eigenvalue weighted by molar-refractivity contribution is 7.89. The first kappa shape index (κ1) is 21.8. The van der Waals surface area contributed by atoms with Crippen molar-refractivity contribution in [3.63, 3.8) is 0 Å². The number of nitrogens with one attached hydrogen (secondary N) is 2. The molecule has 0 radical (unpaired) electrons. The maximum Gasteiger partial charge on any atom is 0.278 e. The molecule has 1 aliphatic carbocycles. The molecule has 7 nitrogen and oxygen atoms in total. The standard InChI is InChI=1S/C21H30N4O3S/c1-16-7-3-5-9-19(16)23-21(26)17(2)24-11-13-25(14-12-24)29(27,28)20-10-6-4-8-18(20)15-22/h4,6,8,10,16-17,19H,3,5,7,9,11-14H2,1-2H3,(H,23,26)/p+1/t16-,17-,19-/m1/s1. The van der Waals surface area contributed by atoms with Crippen molar-refractivity contribution < 1.29 is 18.1 Å². The molecule has 158 valence electrons. The predicted molar refractivity (Wildman–Crippen MR) is 110 cm³/mol. The van der Waals surface area contributed by atoms with Gasteiger partial charge in [0.25, 0.3) is 5.91 Å². The third-order valence-electron chi connectivity index (χ3n) is 6.43. The minimum Gasteiger partial charge on any atom is -0.348 e. The summed E-state index contributed by atoms with van der Waals surface area (Å²) in [6.45, 7) is 5.95. The van der Waals surface area contributed by atoms with Crippen molar-refractivity contribution in [1.82, 2.24) is 9.62 Å². The van der Waals surface area contributed by atoms with Crippen LogP contribution in [0.4, 0.5) is 0 Å². The second kappa shape index (κ2) is 9.24. The Morgan fingerprint density at radius 3 is 2.55 bits per heavy atom. The lowest BCUT2D eigenvalue weighted by atomic mass is 9.86. The molecule has 3 rings (SSSR count). The van der Waals surface area contributed by atoms with Crippen LogP contribution in [0.15, 0.2) is 29.2 Å². The van der Waals surface area contributed by atoms with Gasteiger partial charge in [-0.3, -0.25) is 4.79 Å². The zero-order valence-corrected chi connectivity index (χ0v) is 18.0. The fourth-order valence-electron chi connectivity index (χ4n) is 4.39. The number of hydrogen-bond acceptors (Lipinski definition) is 4. The van der Waals surface area contributed by atoms with Crippen LogP contribution in [0.2, 0.25) is 0 Å². The van der Waals surface area contributed by atoms with E-state index in [9.17, 15) is 18.5 Å². The van der Waals surface area contributed by atoms with Gasteiger partial charge in [0.1, 0.15) is 6.07 Å². The van der Waals surface area contributed by atoms with Crippen LogP contribution in [0.3, 0.4) is 0 Å². The number of quaternary nitrogens is 1. The van der Waals surface area contributed by atoms with Gasteiger partial charge in [-0.2, -0.15) is 9.57 Å². The first-order chi connectivity index (χ1) is 13.8. The Hall–Kier alpha value is -1.95. The molecule has 1 amide bonds. The van der Waals surface area contributed by atoms with Crippen LogP contribution in [0.5, 0.6) is 0 Å². The molecule has 1 heterocycles. The first-order valence-electron chi connectivity index (χ1n) is 10.5. The molecule has 0 aromatic heterocycles. The number of amides is 1. The summed E-state index contributed by atoms with van der Waals surface area (Å²) in [7, 11) is -3.71. The summed E-state index contributed by atoms with van der Waals surface area (Å²) < 4.78 is 27.4. The van der Waals surface area contributed by atoms with Gasteiger partial charge in [-0.15, -0.1) is 0 Å². The Labute approximate surface area is 173 Å². The molecule has 2 aliphatic rings. The van der Waals surface area contributed by atoms with Crippen molar-refractivity contribution in [2.45, 2.75) is 56.5 Å². The second-order valence-electron chi connectivity index (χ2n) is 8.27. The van der Waals surface area contributed by atoms with E-state index in [-0.39, 0.29) is 28.4 Å². The molecule has 2 fully saturated rings. The van der Waals surface area contributed by atoms with E-state index in [2.05, 4.69) is 12.2 Å². The molecule has 1 saturated heterocycles. The fourth-order valence-corrected chi connectivity index (χ4v) is 5.98. The first-order valence-corrected chi connectivity index (χ1v) is 11.9. The van der Waals surface area contributed by atoms with Gasteiger partial charge in [0, 0.05) is 6.04 Å². The highest BCUT2D eigenvalue weighted by Crippen LogP contribution is 2.23. The SMILES string of the molecule is C[C@@H]1CCCC[C@H]1NC(=O)[C@@H](C)[NH+]1CCN(S(=O)(=O)c2ccccc2C#N)CC1. The number of hydrogen-bond donors (Lipinski definition) is 2. The summed E-state index contributed by atoms with van der Waals surface area (Å²) in [5, 5.41) is 12.4. The van der Waals surface area contributed by atoms with Crippen LogP contribution in [-0.2, 0) is 14.8 Å². The third-order valence-corrected chi connectivity index (χ3v) is 8.39. The Morgan fingerprint density at radius 2 is 1.90 bits per heavy atom. The lowest BCUT2D eigenvalue weighted by molar-refractivity contribution is -0.917. The third kappa shape index (κ3) is 4.80. The van der Waals surface area contributed by atoms with E-state index in [1.54, 1.807) is 12.1 Å². The summed E-state index contributed by atoms with van der Waals surface area (Å²) in [6.07, 6.45) is 4.60. The van der Waals surface area contributed by atoms with Gasteiger partial charge >= 0.3 is 0 Å². The van der Waals surface area contributed by atoms with Gasteiger partial charge in [0.2, 0.25) is 10.0 Å². The number of piperazine rings is 1. The number of nitriles is 1. The fraction of sp³-hybridized carbons (Fsp3) is 0.619. The second-order valence-corrected chi connectivity index (χ2v) is 10.2. The van der Waals surface area contributed by atoms with Crippen LogP contribution in [0, 0.1) is 17.2 Å². The molecule has 29 heavy (non-hydrogen) atoms. The molecule has 1 aromatic carbocycles. The van der Waals surface area contributed by atoms with Crippen LogP contribution in [-0.4, -0.2) is 56.9 Å². The lowest BCUT2D eigenvalue weighted by Crippen LogP contribution is -3.19. The zero-order chi connectivity index (χ0) is 21.0. The molecule has 0 unspecified atom stereocenters. The molecule has 2 N–H and O–H groups in total. The van der Waals surface area contributed by atoms with Crippen molar-refractivity contribution in [3.8, 4) is 6.07 Å². The summed E-state index contributed by atoms with van der Waals surface area (Å²) in [5.41, 5.74) is 0.164. The summed E-state index contributed by atoms with van der Waals surface area (Å²) in [6, 6.07) is 8.30. The Bertz CT molecular complexity index is 872. The van der Waals surface area contributed by atoms with E-state index >= 15 is 0 Å². The zero-order valence-electron chi connectivity index (χ0n) is 17.2. The van der Waals surface area contributed by atoms with Crippen LogP contribution in [0.1, 0.15) is 45.1 Å². The number of carbonyl (C=O) groups is 1. The molecular weight excluding hydrogens is 388 g/mol. The van der Waals surface area contributed by atoms with E-state index in [0.717, 1.165) is 24.2 Å². The van der Waals surface area contributed by atoms with Crippen LogP contribution in [0.25, 0.3) is 0 Å². The van der Waals surface area contributed by atoms with Gasteiger partial charge in [0.15, 0.2) is 6.04 Å². The summed E-state index contributed by atoms with van der Waals surface area (Å²) in [5.74, 6) is 0.571. The predicted octanol–water partition coefficient (Wildman–Crippen LogP) is 0.531. The average molecular weight is 420 g/mol. The number of sulfonamides is 1. The van der Waals surface area contributed by atoms with Crippen molar-refractivity contribution >= 4 is 15.9 Å². The molecule has 1 aromatic rings. The largest absolute Gasteiger partial charge is 0.348 e. The molecule has 8 heteroatoms.